The van der Waals surface area contributed by atoms with Crippen LogP contribution in [0.15, 0.2) is 41.1 Å². The third kappa shape index (κ3) is 5.52. The summed E-state index contributed by atoms with van der Waals surface area (Å²) in [4.78, 5) is 0. The molecule has 2 nitrogen and oxygen atoms in total. The van der Waals surface area contributed by atoms with Crippen molar-refractivity contribution in [1.82, 2.24) is 5.32 Å². The predicted octanol–water partition coefficient (Wildman–Crippen LogP) is 4.30. The van der Waals surface area contributed by atoms with Crippen molar-refractivity contribution in [2.24, 2.45) is 0 Å². The quantitative estimate of drug-likeness (QED) is 0.745. The van der Waals surface area contributed by atoms with E-state index in [2.05, 4.69) is 41.2 Å². The van der Waals surface area contributed by atoms with Gasteiger partial charge < -0.3 is 10.1 Å². The van der Waals surface area contributed by atoms with E-state index in [0.29, 0.717) is 6.04 Å². The number of nitrogens with one attached hydrogen (secondary N) is 1. The maximum atomic E-state index is 5.20. The first-order valence-corrected chi connectivity index (χ1v) is 8.63. The molecular weight excluding hydrogens is 278 g/mol. The molecule has 0 aliphatic heterocycles. The van der Waals surface area contributed by atoms with Gasteiger partial charge in [-0.15, -0.1) is 0 Å². The first-order chi connectivity index (χ1) is 10.3. The lowest BCUT2D eigenvalue weighted by Gasteiger charge is -2.17. The van der Waals surface area contributed by atoms with E-state index in [0.717, 1.165) is 18.7 Å². The van der Waals surface area contributed by atoms with Crippen LogP contribution >= 0.6 is 11.3 Å². The fourth-order valence-electron chi connectivity index (χ4n) is 2.55. The molecule has 0 amide bonds. The number of ether oxygens (including phenoxy) is 1. The van der Waals surface area contributed by atoms with Crippen LogP contribution in [-0.4, -0.2) is 19.7 Å². The van der Waals surface area contributed by atoms with E-state index < -0.39 is 0 Å². The molecule has 0 aliphatic rings. The normalized spacial score (nSPS) is 12.3. The van der Waals surface area contributed by atoms with Crippen molar-refractivity contribution >= 4 is 11.3 Å². The van der Waals surface area contributed by atoms with Crippen molar-refractivity contribution in [1.29, 1.82) is 0 Å². The Hall–Kier alpha value is -1.32. The zero-order valence-electron chi connectivity index (χ0n) is 13.0. The number of rotatable bonds is 9. The molecule has 1 aromatic heterocycles. The van der Waals surface area contributed by atoms with Gasteiger partial charge in [0.25, 0.3) is 0 Å². The fourth-order valence-corrected chi connectivity index (χ4v) is 3.25. The molecule has 3 heteroatoms. The summed E-state index contributed by atoms with van der Waals surface area (Å²) in [6.45, 7) is 3.22. The smallest absolute Gasteiger partial charge is 0.118 e. The lowest BCUT2D eigenvalue weighted by Crippen LogP contribution is -2.29. The van der Waals surface area contributed by atoms with Gasteiger partial charge in [0.1, 0.15) is 5.75 Å². The molecule has 1 N–H and O–H groups in total. The minimum Gasteiger partial charge on any atom is -0.497 e. The third-order valence-corrected chi connectivity index (χ3v) is 4.53. The largest absolute Gasteiger partial charge is 0.497 e. The SMILES string of the molecule is CCNC(CCc1ccc(OC)cc1)CCc1ccsc1. The molecule has 21 heavy (non-hydrogen) atoms. The van der Waals surface area contributed by atoms with E-state index in [9.17, 15) is 0 Å². The van der Waals surface area contributed by atoms with Gasteiger partial charge in [-0.25, -0.2) is 0 Å². The minimum absolute atomic E-state index is 0.594. The maximum Gasteiger partial charge on any atom is 0.118 e. The van der Waals surface area contributed by atoms with Gasteiger partial charge in [-0.3, -0.25) is 0 Å². The van der Waals surface area contributed by atoms with Crippen LogP contribution in [-0.2, 0) is 12.8 Å². The van der Waals surface area contributed by atoms with Gasteiger partial charge in [-0.2, -0.15) is 11.3 Å². The molecule has 0 saturated carbocycles. The van der Waals surface area contributed by atoms with Crippen LogP contribution in [0.3, 0.4) is 0 Å². The van der Waals surface area contributed by atoms with Crippen molar-refractivity contribution in [3.8, 4) is 5.75 Å². The Morgan fingerprint density at radius 2 is 1.76 bits per heavy atom. The van der Waals surface area contributed by atoms with Crippen LogP contribution in [0.2, 0.25) is 0 Å². The second-order valence-electron chi connectivity index (χ2n) is 5.31. The van der Waals surface area contributed by atoms with Crippen molar-refractivity contribution in [2.45, 2.75) is 38.6 Å². The number of thiophene rings is 1. The molecule has 0 aliphatic carbocycles. The Morgan fingerprint density at radius 3 is 2.33 bits per heavy atom. The highest BCUT2D eigenvalue weighted by atomic mass is 32.1. The number of benzene rings is 1. The number of aryl methyl sites for hydroxylation is 2. The van der Waals surface area contributed by atoms with Gasteiger partial charge >= 0.3 is 0 Å². The van der Waals surface area contributed by atoms with Gasteiger partial charge in [-0.05, 0) is 72.3 Å². The summed E-state index contributed by atoms with van der Waals surface area (Å²) in [6.07, 6.45) is 4.68. The van der Waals surface area contributed by atoms with E-state index in [-0.39, 0.29) is 0 Å². The Bertz CT molecular complexity index is 492. The van der Waals surface area contributed by atoms with Crippen LogP contribution < -0.4 is 10.1 Å². The molecule has 0 spiro atoms. The molecule has 0 radical (unpaired) electrons. The van der Waals surface area contributed by atoms with E-state index in [1.807, 2.05) is 12.1 Å². The zero-order valence-corrected chi connectivity index (χ0v) is 13.8. The van der Waals surface area contributed by atoms with Gasteiger partial charge in [0.2, 0.25) is 0 Å². The topological polar surface area (TPSA) is 21.3 Å². The van der Waals surface area contributed by atoms with Gasteiger partial charge in [-0.1, -0.05) is 19.1 Å². The molecule has 2 aromatic rings. The van der Waals surface area contributed by atoms with E-state index in [1.54, 1.807) is 18.4 Å². The summed E-state index contributed by atoms with van der Waals surface area (Å²) in [5, 5.41) is 8.03. The third-order valence-electron chi connectivity index (χ3n) is 3.79. The summed E-state index contributed by atoms with van der Waals surface area (Å²) in [5.41, 5.74) is 2.85. The number of methoxy groups -OCH3 is 1. The maximum absolute atomic E-state index is 5.20. The van der Waals surface area contributed by atoms with Crippen LogP contribution in [0.1, 0.15) is 30.9 Å². The Labute approximate surface area is 132 Å². The second-order valence-corrected chi connectivity index (χ2v) is 6.09. The van der Waals surface area contributed by atoms with E-state index in [1.165, 1.54) is 30.4 Å². The molecule has 1 aromatic carbocycles. The molecule has 1 unspecified atom stereocenters. The molecule has 1 atom stereocenters. The molecule has 0 saturated heterocycles. The number of hydrogen-bond donors (Lipinski definition) is 1. The number of hydrogen-bond acceptors (Lipinski definition) is 3. The zero-order chi connectivity index (χ0) is 14.9. The van der Waals surface area contributed by atoms with Crippen molar-refractivity contribution < 1.29 is 4.74 Å². The summed E-state index contributed by atoms with van der Waals surface area (Å²) in [5.74, 6) is 0.930. The molecule has 114 valence electrons. The average molecular weight is 303 g/mol. The van der Waals surface area contributed by atoms with E-state index in [4.69, 9.17) is 4.74 Å². The van der Waals surface area contributed by atoms with Crippen molar-refractivity contribution in [3.05, 3.63) is 52.2 Å². The van der Waals surface area contributed by atoms with Crippen molar-refractivity contribution in [2.75, 3.05) is 13.7 Å². The highest BCUT2D eigenvalue weighted by molar-refractivity contribution is 7.07. The molecule has 0 bridgehead atoms. The van der Waals surface area contributed by atoms with Crippen LogP contribution in [0.4, 0.5) is 0 Å². The summed E-state index contributed by atoms with van der Waals surface area (Å²) >= 11 is 1.79. The van der Waals surface area contributed by atoms with Crippen molar-refractivity contribution in [3.63, 3.8) is 0 Å². The fraction of sp³-hybridized carbons (Fsp3) is 0.444. The predicted molar refractivity (Wildman–Crippen MR) is 91.4 cm³/mol. The highest BCUT2D eigenvalue weighted by Gasteiger charge is 2.08. The standard InChI is InChI=1S/C18H25NOS/c1-3-19-17(9-5-16-12-13-21-14-16)8-4-15-6-10-18(20-2)11-7-15/h6-7,10-14,17,19H,3-5,8-9H2,1-2H3. The van der Waals surface area contributed by atoms with Gasteiger partial charge in [0.15, 0.2) is 0 Å². The monoisotopic (exact) mass is 303 g/mol. The van der Waals surface area contributed by atoms with Gasteiger partial charge in [0.05, 0.1) is 7.11 Å². The molecule has 1 heterocycles. The summed E-state index contributed by atoms with van der Waals surface area (Å²) in [6, 6.07) is 11.3. The Morgan fingerprint density at radius 1 is 1.05 bits per heavy atom. The molecule has 0 fully saturated rings. The highest BCUT2D eigenvalue weighted by Crippen LogP contribution is 2.15. The van der Waals surface area contributed by atoms with Crippen LogP contribution in [0.5, 0.6) is 5.75 Å². The van der Waals surface area contributed by atoms with E-state index >= 15 is 0 Å². The Balaban J connectivity index is 1.80. The average Bonchev–Trinajstić information content (AvgIpc) is 3.04. The summed E-state index contributed by atoms with van der Waals surface area (Å²) < 4.78 is 5.20. The van der Waals surface area contributed by atoms with Gasteiger partial charge in [0, 0.05) is 6.04 Å². The molecular formula is C18H25NOS. The minimum atomic E-state index is 0.594. The molecule has 2 rings (SSSR count). The summed E-state index contributed by atoms with van der Waals surface area (Å²) in [7, 11) is 1.71. The lowest BCUT2D eigenvalue weighted by molar-refractivity contribution is 0.414. The Kier molecular flexibility index (Phi) is 6.77. The second kappa shape index (κ2) is 8.85. The van der Waals surface area contributed by atoms with Crippen LogP contribution in [0, 0.1) is 0 Å². The first-order valence-electron chi connectivity index (χ1n) is 7.69. The lowest BCUT2D eigenvalue weighted by atomic mass is 10.00. The van der Waals surface area contributed by atoms with Crippen LogP contribution in [0.25, 0.3) is 0 Å². The first kappa shape index (κ1) is 16.1.